The predicted molar refractivity (Wildman–Crippen MR) is 79.9 cm³/mol. The van der Waals surface area contributed by atoms with Crippen LogP contribution in [0.25, 0.3) is 0 Å². The van der Waals surface area contributed by atoms with E-state index in [2.05, 4.69) is 15.9 Å². The zero-order chi connectivity index (χ0) is 14.5. The number of rotatable bonds is 5. The van der Waals surface area contributed by atoms with Crippen LogP contribution in [0.2, 0.25) is 0 Å². The zero-order valence-electron chi connectivity index (χ0n) is 10.6. The number of nitro groups is 1. The Morgan fingerprint density at radius 3 is 2.45 bits per heavy atom. The van der Waals surface area contributed by atoms with Crippen molar-refractivity contribution in [1.29, 1.82) is 0 Å². The van der Waals surface area contributed by atoms with Gasteiger partial charge in [0.15, 0.2) is 5.78 Å². The second kappa shape index (κ2) is 6.43. The van der Waals surface area contributed by atoms with E-state index in [4.69, 9.17) is 0 Å². The summed E-state index contributed by atoms with van der Waals surface area (Å²) in [4.78, 5) is 22.4. The molecule has 5 heteroatoms. The Hall–Kier alpha value is -2.01. The third-order valence-electron chi connectivity index (χ3n) is 2.97. The second-order valence-corrected chi connectivity index (χ2v) is 5.09. The summed E-state index contributed by atoms with van der Waals surface area (Å²) in [6.07, 6.45) is 0.791. The van der Waals surface area contributed by atoms with Gasteiger partial charge in [0.2, 0.25) is 0 Å². The Bertz CT molecular complexity index is 641. The summed E-state index contributed by atoms with van der Waals surface area (Å²) < 4.78 is 0.450. The van der Waals surface area contributed by atoms with Crippen molar-refractivity contribution in [2.45, 2.75) is 12.8 Å². The number of nitrogens with zero attached hydrogens (tertiary/aromatic N) is 1. The highest BCUT2D eigenvalue weighted by molar-refractivity contribution is 9.10. The van der Waals surface area contributed by atoms with Gasteiger partial charge in [-0.1, -0.05) is 42.5 Å². The highest BCUT2D eigenvalue weighted by atomic mass is 79.9. The molecule has 0 radical (unpaired) electrons. The van der Waals surface area contributed by atoms with Gasteiger partial charge in [0.05, 0.1) is 9.40 Å². The monoisotopic (exact) mass is 333 g/mol. The van der Waals surface area contributed by atoms with E-state index in [-0.39, 0.29) is 11.5 Å². The standard InChI is InChI=1S/C15H12BrNO3/c16-15-12(7-4-8-13(15)17(19)20)9-10-14(18)11-5-2-1-3-6-11/h1-8H,9-10H2. The fourth-order valence-electron chi connectivity index (χ4n) is 1.92. The molecule has 0 heterocycles. The molecule has 2 aromatic carbocycles. The fourth-order valence-corrected chi connectivity index (χ4v) is 2.52. The van der Waals surface area contributed by atoms with Gasteiger partial charge in [0, 0.05) is 18.1 Å². The molecule has 0 N–H and O–H groups in total. The van der Waals surface area contributed by atoms with Crippen molar-refractivity contribution in [2.24, 2.45) is 0 Å². The van der Waals surface area contributed by atoms with Gasteiger partial charge >= 0.3 is 0 Å². The number of ketones is 1. The number of hydrogen-bond donors (Lipinski definition) is 0. The summed E-state index contributed by atoms with van der Waals surface area (Å²) >= 11 is 3.24. The maximum Gasteiger partial charge on any atom is 0.283 e. The number of carbonyl (C=O) groups is 1. The topological polar surface area (TPSA) is 60.2 Å². The summed E-state index contributed by atoms with van der Waals surface area (Å²) in [6, 6.07) is 13.9. The Morgan fingerprint density at radius 2 is 1.80 bits per heavy atom. The summed E-state index contributed by atoms with van der Waals surface area (Å²) in [5.74, 6) is 0.0315. The summed E-state index contributed by atoms with van der Waals surface area (Å²) in [7, 11) is 0. The van der Waals surface area contributed by atoms with Crippen LogP contribution < -0.4 is 0 Å². The normalized spacial score (nSPS) is 10.2. The maximum atomic E-state index is 12.0. The van der Waals surface area contributed by atoms with Crippen molar-refractivity contribution in [3.8, 4) is 0 Å². The van der Waals surface area contributed by atoms with Gasteiger partial charge in [-0.25, -0.2) is 0 Å². The first kappa shape index (κ1) is 14.4. The number of nitro benzene ring substituents is 1. The third-order valence-corrected chi connectivity index (χ3v) is 3.89. The summed E-state index contributed by atoms with van der Waals surface area (Å²) in [6.45, 7) is 0. The molecule has 102 valence electrons. The van der Waals surface area contributed by atoms with Gasteiger partial charge in [-0.15, -0.1) is 0 Å². The van der Waals surface area contributed by atoms with Gasteiger partial charge in [-0.3, -0.25) is 14.9 Å². The molecule has 20 heavy (non-hydrogen) atoms. The molecule has 0 saturated carbocycles. The number of carbonyl (C=O) groups excluding carboxylic acids is 1. The molecule has 0 aliphatic heterocycles. The molecule has 2 rings (SSSR count). The summed E-state index contributed by atoms with van der Waals surface area (Å²) in [5.41, 5.74) is 1.45. The van der Waals surface area contributed by atoms with E-state index in [1.54, 1.807) is 24.3 Å². The van der Waals surface area contributed by atoms with E-state index in [0.29, 0.717) is 22.9 Å². The average Bonchev–Trinajstić information content (AvgIpc) is 2.46. The first-order valence-corrected chi connectivity index (χ1v) is 6.89. The Kier molecular flexibility index (Phi) is 4.63. The third kappa shape index (κ3) is 3.30. The van der Waals surface area contributed by atoms with Gasteiger partial charge in [-0.2, -0.15) is 0 Å². The maximum absolute atomic E-state index is 12.0. The second-order valence-electron chi connectivity index (χ2n) is 4.30. The van der Waals surface area contributed by atoms with Crippen LogP contribution in [0, 0.1) is 10.1 Å². The molecule has 0 aliphatic carbocycles. The predicted octanol–water partition coefficient (Wildman–Crippen LogP) is 4.17. The van der Waals surface area contributed by atoms with Crippen molar-refractivity contribution >= 4 is 27.4 Å². The van der Waals surface area contributed by atoms with E-state index in [0.717, 1.165) is 5.56 Å². The van der Waals surface area contributed by atoms with Gasteiger partial charge < -0.3 is 0 Å². The van der Waals surface area contributed by atoms with Crippen LogP contribution in [0.15, 0.2) is 53.0 Å². The lowest BCUT2D eigenvalue weighted by molar-refractivity contribution is -0.385. The van der Waals surface area contributed by atoms with E-state index in [9.17, 15) is 14.9 Å². The molecule has 0 amide bonds. The molecule has 0 aromatic heterocycles. The van der Waals surface area contributed by atoms with Crippen LogP contribution in [-0.2, 0) is 6.42 Å². The Labute approximate surface area is 124 Å². The minimum Gasteiger partial charge on any atom is -0.294 e. The largest absolute Gasteiger partial charge is 0.294 e. The van der Waals surface area contributed by atoms with Crippen molar-refractivity contribution in [1.82, 2.24) is 0 Å². The van der Waals surface area contributed by atoms with Crippen LogP contribution in [0.4, 0.5) is 5.69 Å². The highest BCUT2D eigenvalue weighted by Gasteiger charge is 2.15. The van der Waals surface area contributed by atoms with Gasteiger partial charge in [-0.05, 0) is 27.9 Å². The minimum atomic E-state index is -0.438. The average molecular weight is 334 g/mol. The van der Waals surface area contributed by atoms with Crippen molar-refractivity contribution in [3.05, 3.63) is 74.2 Å². The molecule has 0 unspecified atom stereocenters. The number of hydrogen-bond acceptors (Lipinski definition) is 3. The smallest absolute Gasteiger partial charge is 0.283 e. The SMILES string of the molecule is O=C(CCc1cccc([N+](=O)[O-])c1Br)c1ccccc1. The van der Waals surface area contributed by atoms with Crippen LogP contribution in [0.3, 0.4) is 0 Å². The quantitative estimate of drug-likeness (QED) is 0.468. The fraction of sp³-hybridized carbons (Fsp3) is 0.133. The Balaban J connectivity index is 2.10. The van der Waals surface area contributed by atoms with E-state index < -0.39 is 4.92 Å². The minimum absolute atomic E-state index is 0.0228. The number of Topliss-reactive ketones (excluding diaryl/α,β-unsaturated/α-hetero) is 1. The number of benzene rings is 2. The lowest BCUT2D eigenvalue weighted by Gasteiger charge is -2.05. The Morgan fingerprint density at radius 1 is 1.10 bits per heavy atom. The van der Waals surface area contributed by atoms with Gasteiger partial charge in [0.25, 0.3) is 5.69 Å². The van der Waals surface area contributed by atoms with Crippen LogP contribution in [-0.4, -0.2) is 10.7 Å². The molecule has 2 aromatic rings. The number of aryl methyl sites for hydroxylation is 1. The van der Waals surface area contributed by atoms with Crippen molar-refractivity contribution in [3.63, 3.8) is 0 Å². The van der Waals surface area contributed by atoms with Crippen LogP contribution in [0.5, 0.6) is 0 Å². The first-order chi connectivity index (χ1) is 9.59. The van der Waals surface area contributed by atoms with E-state index in [1.807, 2.05) is 18.2 Å². The van der Waals surface area contributed by atoms with Crippen molar-refractivity contribution in [2.75, 3.05) is 0 Å². The molecular formula is C15H12BrNO3. The molecule has 4 nitrogen and oxygen atoms in total. The molecule has 0 atom stereocenters. The molecular weight excluding hydrogens is 322 g/mol. The van der Waals surface area contributed by atoms with E-state index >= 15 is 0 Å². The lowest BCUT2D eigenvalue weighted by Crippen LogP contribution is -2.02. The molecule has 0 aliphatic rings. The van der Waals surface area contributed by atoms with E-state index in [1.165, 1.54) is 6.07 Å². The molecule has 0 spiro atoms. The highest BCUT2D eigenvalue weighted by Crippen LogP contribution is 2.29. The first-order valence-electron chi connectivity index (χ1n) is 6.09. The molecule has 0 bridgehead atoms. The molecule has 0 saturated heterocycles. The van der Waals surface area contributed by atoms with Crippen LogP contribution >= 0.6 is 15.9 Å². The number of halogens is 1. The van der Waals surface area contributed by atoms with Crippen LogP contribution in [0.1, 0.15) is 22.3 Å². The lowest BCUT2D eigenvalue weighted by atomic mass is 10.0. The summed E-state index contributed by atoms with van der Waals surface area (Å²) in [5, 5.41) is 10.8. The van der Waals surface area contributed by atoms with Gasteiger partial charge in [0.1, 0.15) is 0 Å². The van der Waals surface area contributed by atoms with Crippen molar-refractivity contribution < 1.29 is 9.72 Å². The zero-order valence-corrected chi connectivity index (χ0v) is 12.2. The molecule has 0 fully saturated rings.